The van der Waals surface area contributed by atoms with E-state index in [1.807, 2.05) is 46.8 Å². The average molecular weight is 363 g/mol. The first-order chi connectivity index (χ1) is 12.8. The van der Waals surface area contributed by atoms with Crippen LogP contribution in [-0.4, -0.2) is 53.4 Å². The normalized spacial score (nSPS) is 15.8. The Bertz CT molecular complexity index is 911. The highest BCUT2D eigenvalue weighted by molar-refractivity contribution is 7.16. The lowest BCUT2D eigenvalue weighted by atomic mass is 10.1. The molecule has 4 nitrogen and oxygen atoms in total. The Hall–Kier alpha value is -2.50. The van der Waals surface area contributed by atoms with Crippen LogP contribution in [0.2, 0.25) is 0 Å². The van der Waals surface area contributed by atoms with E-state index in [0.29, 0.717) is 0 Å². The Labute approximate surface area is 157 Å². The van der Waals surface area contributed by atoms with E-state index in [4.69, 9.17) is 0 Å². The molecule has 5 heteroatoms. The number of nitrogens with zero attached hydrogens (tertiary/aromatic N) is 3. The summed E-state index contributed by atoms with van der Waals surface area (Å²) in [6, 6.07) is 16.1. The summed E-state index contributed by atoms with van der Waals surface area (Å²) < 4.78 is 1.07. The van der Waals surface area contributed by atoms with E-state index in [2.05, 4.69) is 34.2 Å². The van der Waals surface area contributed by atoms with Gasteiger partial charge >= 0.3 is 0 Å². The lowest BCUT2D eigenvalue weighted by molar-refractivity contribution is 0.0650. The van der Waals surface area contributed by atoms with Crippen LogP contribution in [0, 0.1) is 0 Å². The van der Waals surface area contributed by atoms with Crippen molar-refractivity contribution in [2.45, 2.75) is 0 Å². The van der Waals surface area contributed by atoms with Crippen LogP contribution in [0.15, 0.2) is 60.1 Å². The van der Waals surface area contributed by atoms with Gasteiger partial charge in [0, 0.05) is 38.3 Å². The number of piperazine rings is 1. The molecular formula is C21H21N3OS. The molecule has 0 atom stereocenters. The van der Waals surface area contributed by atoms with Gasteiger partial charge in [0.25, 0.3) is 5.91 Å². The van der Waals surface area contributed by atoms with Gasteiger partial charge in [-0.25, -0.2) is 4.98 Å². The van der Waals surface area contributed by atoms with Crippen LogP contribution in [-0.2, 0) is 0 Å². The number of hydrogen-bond acceptors (Lipinski definition) is 4. The summed E-state index contributed by atoms with van der Waals surface area (Å²) >= 11 is 1.58. The molecule has 26 heavy (non-hydrogen) atoms. The Morgan fingerprint density at radius 3 is 2.69 bits per heavy atom. The highest BCUT2D eigenvalue weighted by Crippen LogP contribution is 2.20. The summed E-state index contributed by atoms with van der Waals surface area (Å²) in [6.45, 7) is 4.29. The summed E-state index contributed by atoms with van der Waals surface area (Å²) in [5, 5.41) is 0. The van der Waals surface area contributed by atoms with E-state index in [9.17, 15) is 4.79 Å². The van der Waals surface area contributed by atoms with Crippen molar-refractivity contribution in [1.82, 2.24) is 14.8 Å². The number of carbonyl (C=O) groups is 1. The van der Waals surface area contributed by atoms with Gasteiger partial charge < -0.3 is 4.90 Å². The first-order valence-corrected chi connectivity index (χ1v) is 9.74. The van der Waals surface area contributed by atoms with Gasteiger partial charge in [-0.1, -0.05) is 42.5 Å². The van der Waals surface area contributed by atoms with Gasteiger partial charge in [0.05, 0.1) is 15.7 Å². The second-order valence-corrected chi connectivity index (χ2v) is 7.33. The molecule has 1 saturated heterocycles. The fourth-order valence-corrected chi connectivity index (χ4v) is 3.92. The van der Waals surface area contributed by atoms with E-state index in [0.717, 1.165) is 48.5 Å². The van der Waals surface area contributed by atoms with Crippen LogP contribution in [0.5, 0.6) is 0 Å². The van der Waals surface area contributed by atoms with Gasteiger partial charge in [0.15, 0.2) is 0 Å². The van der Waals surface area contributed by atoms with Crippen LogP contribution in [0.25, 0.3) is 16.3 Å². The van der Waals surface area contributed by atoms with Crippen LogP contribution < -0.4 is 0 Å². The van der Waals surface area contributed by atoms with E-state index in [1.165, 1.54) is 5.56 Å². The lowest BCUT2D eigenvalue weighted by Crippen LogP contribution is -2.48. The lowest BCUT2D eigenvalue weighted by Gasteiger charge is -2.34. The molecule has 0 radical (unpaired) electrons. The minimum atomic E-state index is 0.125. The Morgan fingerprint density at radius 2 is 1.88 bits per heavy atom. The van der Waals surface area contributed by atoms with Crippen LogP contribution in [0.4, 0.5) is 0 Å². The second kappa shape index (κ2) is 7.81. The number of rotatable bonds is 4. The molecule has 0 spiro atoms. The Balaban J connectivity index is 1.31. The van der Waals surface area contributed by atoms with Crippen LogP contribution in [0.3, 0.4) is 0 Å². The Kier molecular flexibility index (Phi) is 5.09. The smallest absolute Gasteiger partial charge is 0.253 e. The van der Waals surface area contributed by atoms with Crippen molar-refractivity contribution in [3.05, 3.63) is 71.2 Å². The van der Waals surface area contributed by atoms with Gasteiger partial charge in [-0.2, -0.15) is 0 Å². The van der Waals surface area contributed by atoms with E-state index in [-0.39, 0.29) is 5.91 Å². The molecular weight excluding hydrogens is 342 g/mol. The highest BCUT2D eigenvalue weighted by Gasteiger charge is 2.21. The Morgan fingerprint density at radius 1 is 1.08 bits per heavy atom. The van der Waals surface area contributed by atoms with Crippen molar-refractivity contribution in [2.75, 3.05) is 32.7 Å². The largest absolute Gasteiger partial charge is 0.336 e. The van der Waals surface area contributed by atoms with Crippen molar-refractivity contribution in [3.8, 4) is 0 Å². The topological polar surface area (TPSA) is 36.4 Å². The molecule has 0 bridgehead atoms. The van der Waals surface area contributed by atoms with Crippen molar-refractivity contribution < 1.29 is 4.79 Å². The van der Waals surface area contributed by atoms with Gasteiger partial charge in [0.1, 0.15) is 0 Å². The van der Waals surface area contributed by atoms with Crippen LogP contribution >= 0.6 is 11.3 Å². The predicted octanol–water partition coefficient (Wildman–Crippen LogP) is 3.77. The number of thiazole rings is 1. The maximum absolute atomic E-state index is 12.7. The maximum Gasteiger partial charge on any atom is 0.253 e. The summed E-state index contributed by atoms with van der Waals surface area (Å²) in [7, 11) is 0. The summed E-state index contributed by atoms with van der Waals surface area (Å²) in [5.41, 5.74) is 4.77. The molecule has 0 unspecified atom stereocenters. The molecule has 0 aliphatic carbocycles. The highest BCUT2D eigenvalue weighted by atomic mass is 32.1. The fourth-order valence-electron chi connectivity index (χ4n) is 3.21. The minimum absolute atomic E-state index is 0.125. The first kappa shape index (κ1) is 16.9. The van der Waals surface area contributed by atoms with E-state index in [1.54, 1.807) is 11.3 Å². The quantitative estimate of drug-likeness (QED) is 0.708. The standard InChI is InChI=1S/C21H21N3OS/c25-21(18-8-9-19-20(15-18)26-16-22-19)24-13-11-23(12-14-24)10-4-7-17-5-2-1-3-6-17/h1-9,15-16H,10-14H2/b7-4+. The molecule has 1 fully saturated rings. The summed E-state index contributed by atoms with van der Waals surface area (Å²) in [4.78, 5) is 21.4. The zero-order valence-electron chi connectivity index (χ0n) is 14.5. The molecule has 4 rings (SSSR count). The second-order valence-electron chi connectivity index (χ2n) is 6.44. The minimum Gasteiger partial charge on any atom is -0.336 e. The molecule has 1 aliphatic heterocycles. The van der Waals surface area contributed by atoms with E-state index >= 15 is 0 Å². The molecule has 132 valence electrons. The number of benzene rings is 2. The van der Waals surface area contributed by atoms with E-state index < -0.39 is 0 Å². The zero-order valence-corrected chi connectivity index (χ0v) is 15.4. The molecule has 0 saturated carbocycles. The molecule has 1 amide bonds. The summed E-state index contributed by atoms with van der Waals surface area (Å²) in [6.07, 6.45) is 4.35. The number of amides is 1. The zero-order chi connectivity index (χ0) is 17.8. The monoisotopic (exact) mass is 363 g/mol. The average Bonchev–Trinajstić information content (AvgIpc) is 3.17. The van der Waals surface area contributed by atoms with Crippen molar-refractivity contribution in [3.63, 3.8) is 0 Å². The molecule has 2 heterocycles. The maximum atomic E-state index is 12.7. The van der Waals surface area contributed by atoms with Gasteiger partial charge in [0.2, 0.25) is 0 Å². The molecule has 2 aromatic carbocycles. The third kappa shape index (κ3) is 3.84. The predicted molar refractivity (Wildman–Crippen MR) is 107 cm³/mol. The SMILES string of the molecule is O=C(c1ccc2ncsc2c1)N1CCN(C/C=C/c2ccccc2)CC1. The molecule has 1 aliphatic rings. The number of fused-ring (bicyclic) bond motifs is 1. The number of carbonyl (C=O) groups excluding carboxylic acids is 1. The summed E-state index contributed by atoms with van der Waals surface area (Å²) in [5.74, 6) is 0.125. The molecule has 0 N–H and O–H groups in total. The van der Waals surface area contributed by atoms with Crippen LogP contribution in [0.1, 0.15) is 15.9 Å². The van der Waals surface area contributed by atoms with Crippen molar-refractivity contribution >= 4 is 33.5 Å². The first-order valence-electron chi connectivity index (χ1n) is 8.86. The van der Waals surface area contributed by atoms with Gasteiger partial charge in [-0.3, -0.25) is 9.69 Å². The van der Waals surface area contributed by atoms with Gasteiger partial charge in [-0.15, -0.1) is 11.3 Å². The molecule has 1 aromatic heterocycles. The van der Waals surface area contributed by atoms with Crippen molar-refractivity contribution in [1.29, 1.82) is 0 Å². The number of aromatic nitrogens is 1. The fraction of sp³-hybridized carbons (Fsp3) is 0.238. The van der Waals surface area contributed by atoms with Crippen molar-refractivity contribution in [2.24, 2.45) is 0 Å². The third-order valence-corrected chi connectivity index (χ3v) is 5.50. The number of hydrogen-bond donors (Lipinski definition) is 0. The molecule has 3 aromatic rings. The third-order valence-electron chi connectivity index (χ3n) is 4.71. The van der Waals surface area contributed by atoms with Gasteiger partial charge in [-0.05, 0) is 23.8 Å².